The lowest BCUT2D eigenvalue weighted by atomic mass is 10.1. The minimum absolute atomic E-state index is 0.0644. The van der Waals surface area contributed by atoms with Crippen LogP contribution < -0.4 is 5.32 Å². The number of carbonyl (C=O) groups excluding carboxylic acids is 1. The first-order chi connectivity index (χ1) is 9.47. The van der Waals surface area contributed by atoms with Gasteiger partial charge in [0.15, 0.2) is 0 Å². The van der Waals surface area contributed by atoms with E-state index in [0.717, 1.165) is 6.07 Å². The number of carbonyl (C=O) groups is 1. The first-order valence-electron chi connectivity index (χ1n) is 5.66. The molecule has 0 radical (unpaired) electrons. The fraction of sp³-hybridized carbons (Fsp3) is 0.0769. The second-order valence-corrected chi connectivity index (χ2v) is 4.06. The largest absolute Gasteiger partial charge is 0.306 e. The van der Waals surface area contributed by atoms with E-state index >= 15 is 0 Å². The van der Waals surface area contributed by atoms with Gasteiger partial charge in [0.05, 0.1) is 4.92 Å². The number of aryl methyl sites for hydroxylation is 1. The molecule has 6 nitrogen and oxygen atoms in total. The number of nitrogens with one attached hydrogen (secondary N) is 1. The predicted octanol–water partition coefficient (Wildman–Crippen LogP) is 2.69. The van der Waals surface area contributed by atoms with E-state index in [4.69, 9.17) is 0 Å². The minimum Gasteiger partial charge on any atom is -0.306 e. The molecule has 0 aliphatic carbocycles. The molecule has 1 N–H and O–H groups in total. The molecule has 0 unspecified atom stereocenters. The highest BCUT2D eigenvalue weighted by atomic mass is 19.1. The highest BCUT2D eigenvalue weighted by molar-refractivity contribution is 6.04. The van der Waals surface area contributed by atoms with Gasteiger partial charge in [0.25, 0.3) is 11.6 Å². The Kier molecular flexibility index (Phi) is 3.69. The van der Waals surface area contributed by atoms with Gasteiger partial charge in [0, 0.05) is 17.2 Å². The topological polar surface area (TPSA) is 85.1 Å². The van der Waals surface area contributed by atoms with Gasteiger partial charge in [-0.25, -0.2) is 4.98 Å². The Morgan fingerprint density at radius 1 is 1.35 bits per heavy atom. The molecule has 2 rings (SSSR count). The van der Waals surface area contributed by atoms with Crippen molar-refractivity contribution in [3.63, 3.8) is 0 Å². The Labute approximate surface area is 113 Å². The van der Waals surface area contributed by atoms with E-state index in [1.807, 2.05) is 0 Å². The van der Waals surface area contributed by atoms with Crippen molar-refractivity contribution < 1.29 is 14.1 Å². The number of amides is 1. The second-order valence-electron chi connectivity index (χ2n) is 4.06. The summed E-state index contributed by atoms with van der Waals surface area (Å²) >= 11 is 0. The minimum atomic E-state index is -0.706. The number of rotatable bonds is 3. The Bertz CT molecular complexity index is 688. The van der Waals surface area contributed by atoms with Gasteiger partial charge in [-0.2, -0.15) is 4.39 Å². The molecule has 0 saturated carbocycles. The van der Waals surface area contributed by atoms with Gasteiger partial charge in [0.1, 0.15) is 5.82 Å². The van der Waals surface area contributed by atoms with Crippen molar-refractivity contribution in [2.75, 3.05) is 5.32 Å². The molecular formula is C13H10FN3O3. The van der Waals surface area contributed by atoms with Gasteiger partial charge in [-0.15, -0.1) is 0 Å². The standard InChI is InChI=1S/C13H10FN3O3/c1-8-7-9(5-6-10(8)17(19)20)13(18)16-12-4-2-3-11(14)15-12/h2-7H,1H3,(H,15,16,18). The van der Waals surface area contributed by atoms with Gasteiger partial charge >= 0.3 is 0 Å². The average molecular weight is 275 g/mol. The molecule has 0 aliphatic heterocycles. The lowest BCUT2D eigenvalue weighted by Crippen LogP contribution is -2.13. The number of nitro groups is 1. The summed E-state index contributed by atoms with van der Waals surface area (Å²) in [5.74, 6) is -1.14. The quantitative estimate of drug-likeness (QED) is 0.530. The van der Waals surface area contributed by atoms with Crippen LogP contribution >= 0.6 is 0 Å². The molecule has 0 aliphatic rings. The summed E-state index contributed by atoms with van der Waals surface area (Å²) in [5.41, 5.74) is 0.541. The van der Waals surface area contributed by atoms with Crippen molar-refractivity contribution in [3.8, 4) is 0 Å². The average Bonchev–Trinajstić information content (AvgIpc) is 2.38. The summed E-state index contributed by atoms with van der Waals surface area (Å²) in [6.07, 6.45) is 0. The SMILES string of the molecule is Cc1cc(C(=O)Nc2cccc(F)n2)ccc1[N+](=O)[O-]. The normalized spacial score (nSPS) is 10.1. The van der Waals surface area contributed by atoms with Gasteiger partial charge in [-0.05, 0) is 31.2 Å². The zero-order chi connectivity index (χ0) is 14.7. The Morgan fingerprint density at radius 2 is 2.10 bits per heavy atom. The number of halogens is 1. The highest BCUT2D eigenvalue weighted by Gasteiger charge is 2.14. The lowest BCUT2D eigenvalue weighted by Gasteiger charge is -2.05. The summed E-state index contributed by atoms with van der Waals surface area (Å²) < 4.78 is 12.9. The molecule has 0 saturated heterocycles. The van der Waals surface area contributed by atoms with Crippen LogP contribution in [0.4, 0.5) is 15.9 Å². The summed E-state index contributed by atoms with van der Waals surface area (Å²) in [4.78, 5) is 25.6. The van der Waals surface area contributed by atoms with E-state index < -0.39 is 16.8 Å². The smallest absolute Gasteiger partial charge is 0.272 e. The van der Waals surface area contributed by atoms with Crippen LogP contribution in [0.1, 0.15) is 15.9 Å². The number of pyridine rings is 1. The van der Waals surface area contributed by atoms with Crippen LogP contribution in [0, 0.1) is 23.0 Å². The zero-order valence-electron chi connectivity index (χ0n) is 10.5. The highest BCUT2D eigenvalue weighted by Crippen LogP contribution is 2.19. The summed E-state index contributed by atoms with van der Waals surface area (Å²) in [6.45, 7) is 1.54. The number of benzene rings is 1. The monoisotopic (exact) mass is 275 g/mol. The van der Waals surface area contributed by atoms with Crippen molar-refractivity contribution in [2.45, 2.75) is 6.92 Å². The van der Waals surface area contributed by atoms with Gasteiger partial charge in [0.2, 0.25) is 5.95 Å². The summed E-state index contributed by atoms with van der Waals surface area (Å²) in [6, 6.07) is 8.00. The van der Waals surface area contributed by atoms with Crippen LogP contribution in [-0.4, -0.2) is 15.8 Å². The molecule has 2 aromatic rings. The maximum atomic E-state index is 12.9. The predicted molar refractivity (Wildman–Crippen MR) is 70.0 cm³/mol. The molecule has 0 fully saturated rings. The number of aromatic nitrogens is 1. The molecule has 0 atom stereocenters. The third kappa shape index (κ3) is 2.94. The Morgan fingerprint density at radius 3 is 2.70 bits per heavy atom. The number of anilines is 1. The first kappa shape index (κ1) is 13.6. The van der Waals surface area contributed by atoms with Crippen LogP contribution in [-0.2, 0) is 0 Å². The van der Waals surface area contributed by atoms with Crippen molar-refractivity contribution in [3.05, 3.63) is 63.6 Å². The fourth-order valence-corrected chi connectivity index (χ4v) is 1.67. The Hall–Kier alpha value is -2.83. The lowest BCUT2D eigenvalue weighted by molar-refractivity contribution is -0.385. The molecule has 1 amide bonds. The number of nitro benzene ring substituents is 1. The third-order valence-corrected chi connectivity index (χ3v) is 2.61. The molecule has 1 heterocycles. The Balaban J connectivity index is 2.22. The molecule has 0 spiro atoms. The van der Waals surface area contributed by atoms with E-state index in [0.29, 0.717) is 5.56 Å². The van der Waals surface area contributed by atoms with Crippen molar-refractivity contribution in [1.82, 2.24) is 4.98 Å². The van der Waals surface area contributed by atoms with E-state index in [-0.39, 0.29) is 17.1 Å². The molecule has 0 bridgehead atoms. The molecule has 20 heavy (non-hydrogen) atoms. The third-order valence-electron chi connectivity index (χ3n) is 2.61. The molecule has 7 heteroatoms. The van der Waals surface area contributed by atoms with Crippen LogP contribution in [0.2, 0.25) is 0 Å². The molecule has 102 valence electrons. The molecule has 1 aromatic carbocycles. The summed E-state index contributed by atoms with van der Waals surface area (Å²) in [5, 5.41) is 13.1. The van der Waals surface area contributed by atoms with Crippen LogP contribution in [0.15, 0.2) is 36.4 Å². The van der Waals surface area contributed by atoms with Gasteiger partial charge in [-0.1, -0.05) is 6.07 Å². The second kappa shape index (κ2) is 5.43. The zero-order valence-corrected chi connectivity index (χ0v) is 10.5. The fourth-order valence-electron chi connectivity index (χ4n) is 1.67. The van der Waals surface area contributed by atoms with Crippen LogP contribution in [0.3, 0.4) is 0 Å². The molecular weight excluding hydrogens is 265 g/mol. The van der Waals surface area contributed by atoms with Crippen molar-refractivity contribution in [2.24, 2.45) is 0 Å². The van der Waals surface area contributed by atoms with E-state index in [1.165, 1.54) is 37.3 Å². The van der Waals surface area contributed by atoms with Crippen molar-refractivity contribution in [1.29, 1.82) is 0 Å². The maximum Gasteiger partial charge on any atom is 0.272 e. The number of nitrogens with zero attached hydrogens (tertiary/aromatic N) is 2. The first-order valence-corrected chi connectivity index (χ1v) is 5.66. The summed E-state index contributed by atoms with van der Waals surface area (Å²) in [7, 11) is 0. The maximum absolute atomic E-state index is 12.9. The van der Waals surface area contributed by atoms with E-state index in [9.17, 15) is 19.3 Å². The van der Waals surface area contributed by atoms with E-state index in [2.05, 4.69) is 10.3 Å². The molecule has 1 aromatic heterocycles. The van der Waals surface area contributed by atoms with Gasteiger partial charge < -0.3 is 5.32 Å². The van der Waals surface area contributed by atoms with Crippen LogP contribution in [0.5, 0.6) is 0 Å². The number of hydrogen-bond donors (Lipinski definition) is 1. The van der Waals surface area contributed by atoms with Crippen molar-refractivity contribution >= 4 is 17.4 Å². The van der Waals surface area contributed by atoms with Crippen LogP contribution in [0.25, 0.3) is 0 Å². The number of hydrogen-bond acceptors (Lipinski definition) is 4. The van der Waals surface area contributed by atoms with Gasteiger partial charge in [-0.3, -0.25) is 14.9 Å². The van der Waals surface area contributed by atoms with E-state index in [1.54, 1.807) is 0 Å².